The Bertz CT molecular complexity index is 194. The molecule has 3 aliphatic rings. The van der Waals surface area contributed by atoms with Crippen molar-refractivity contribution in [2.45, 2.75) is 20.3 Å². The van der Waals surface area contributed by atoms with Crippen LogP contribution in [0.25, 0.3) is 0 Å². The van der Waals surface area contributed by atoms with Crippen molar-refractivity contribution in [3.05, 3.63) is 23.8 Å². The van der Waals surface area contributed by atoms with Gasteiger partial charge < -0.3 is 0 Å². The summed E-state index contributed by atoms with van der Waals surface area (Å²) in [5.41, 5.74) is 2.14. The molecule has 48 valence electrons. The maximum Gasteiger partial charge on any atom is -0.00754 e. The Hall–Kier alpha value is -0.520. The predicted molar refractivity (Wildman–Crippen MR) is 39.1 cm³/mol. The fourth-order valence-corrected chi connectivity index (χ4v) is 1.76. The van der Waals surface area contributed by atoms with Gasteiger partial charge in [-0.15, -0.1) is 0 Å². The van der Waals surface area contributed by atoms with Crippen LogP contribution in [0, 0.1) is 11.3 Å². The highest BCUT2D eigenvalue weighted by Gasteiger charge is 2.42. The molecule has 0 aromatic heterocycles. The van der Waals surface area contributed by atoms with E-state index in [4.69, 9.17) is 0 Å². The van der Waals surface area contributed by atoms with Crippen molar-refractivity contribution in [3.63, 3.8) is 0 Å². The van der Waals surface area contributed by atoms with E-state index in [1.165, 1.54) is 6.42 Å². The number of fused-ring (bicyclic) bond motifs is 1. The van der Waals surface area contributed by atoms with Gasteiger partial charge in [-0.25, -0.2) is 0 Å². The lowest BCUT2D eigenvalue weighted by Gasteiger charge is -2.48. The minimum absolute atomic E-state index is 0.509. The number of hydrogen-bond donors (Lipinski definition) is 0. The Morgan fingerprint density at radius 3 is 2.56 bits per heavy atom. The largest absolute Gasteiger partial charge is 0.0802 e. The number of hydrogen-bond acceptors (Lipinski definition) is 0. The summed E-state index contributed by atoms with van der Waals surface area (Å²) >= 11 is 0. The molecule has 1 saturated carbocycles. The van der Waals surface area contributed by atoms with Crippen LogP contribution in [0.3, 0.4) is 0 Å². The van der Waals surface area contributed by atoms with Crippen molar-refractivity contribution in [1.29, 1.82) is 0 Å². The zero-order chi connectivity index (χ0) is 6.48. The SMILES string of the molecule is CC1(C)C2=CC=CC1C2. The summed E-state index contributed by atoms with van der Waals surface area (Å²) in [6, 6.07) is 0. The molecule has 3 rings (SSSR count). The average molecular weight is 120 g/mol. The molecule has 9 heavy (non-hydrogen) atoms. The lowest BCUT2D eigenvalue weighted by Crippen LogP contribution is -2.37. The molecule has 0 radical (unpaired) electrons. The van der Waals surface area contributed by atoms with E-state index in [0.717, 1.165) is 5.92 Å². The molecule has 0 aliphatic heterocycles. The van der Waals surface area contributed by atoms with Crippen LogP contribution in [0.2, 0.25) is 0 Å². The standard InChI is InChI=1S/C9H12/c1-9(2)7-4-3-5-8(9)6-7/h3-5,7H,6H2,1-2H3. The summed E-state index contributed by atoms with van der Waals surface area (Å²) in [6.07, 6.45) is 8.10. The quantitative estimate of drug-likeness (QED) is 0.461. The van der Waals surface area contributed by atoms with Gasteiger partial charge in [-0.2, -0.15) is 0 Å². The van der Waals surface area contributed by atoms with E-state index < -0.39 is 0 Å². The monoisotopic (exact) mass is 120 g/mol. The van der Waals surface area contributed by atoms with Crippen molar-refractivity contribution < 1.29 is 0 Å². The molecular formula is C9H12. The average Bonchev–Trinajstić information content (AvgIpc) is 1.89. The van der Waals surface area contributed by atoms with Crippen LogP contribution in [-0.4, -0.2) is 0 Å². The van der Waals surface area contributed by atoms with E-state index >= 15 is 0 Å². The van der Waals surface area contributed by atoms with Gasteiger partial charge in [-0.05, 0) is 17.8 Å². The van der Waals surface area contributed by atoms with Gasteiger partial charge in [-0.3, -0.25) is 0 Å². The van der Waals surface area contributed by atoms with Crippen molar-refractivity contribution >= 4 is 0 Å². The second kappa shape index (κ2) is 1.31. The summed E-state index contributed by atoms with van der Waals surface area (Å²) < 4.78 is 0. The van der Waals surface area contributed by atoms with Gasteiger partial charge in [0.25, 0.3) is 0 Å². The maximum absolute atomic E-state index is 2.33. The summed E-state index contributed by atoms with van der Waals surface area (Å²) in [5.74, 6) is 0.845. The summed E-state index contributed by atoms with van der Waals surface area (Å²) in [5, 5.41) is 0. The summed E-state index contributed by atoms with van der Waals surface area (Å²) in [4.78, 5) is 0. The Kier molecular flexibility index (Phi) is 0.769. The molecule has 1 unspecified atom stereocenters. The fourth-order valence-electron chi connectivity index (χ4n) is 1.76. The van der Waals surface area contributed by atoms with Crippen LogP contribution < -0.4 is 0 Å². The van der Waals surface area contributed by atoms with Crippen LogP contribution in [0.1, 0.15) is 20.3 Å². The molecule has 0 saturated heterocycles. The van der Waals surface area contributed by atoms with Crippen LogP contribution in [0.15, 0.2) is 23.8 Å². The zero-order valence-corrected chi connectivity index (χ0v) is 6.02. The lowest BCUT2D eigenvalue weighted by molar-refractivity contribution is 0.212. The first-order valence-corrected chi connectivity index (χ1v) is 3.59. The number of rotatable bonds is 0. The third-order valence-corrected chi connectivity index (χ3v) is 2.84. The van der Waals surface area contributed by atoms with E-state index in [1.54, 1.807) is 5.57 Å². The summed E-state index contributed by atoms with van der Waals surface area (Å²) in [7, 11) is 0. The van der Waals surface area contributed by atoms with Gasteiger partial charge in [0.2, 0.25) is 0 Å². The highest BCUT2D eigenvalue weighted by molar-refractivity contribution is 5.36. The molecule has 0 nitrogen and oxygen atoms in total. The van der Waals surface area contributed by atoms with Crippen molar-refractivity contribution in [1.82, 2.24) is 0 Å². The Morgan fingerprint density at radius 1 is 1.56 bits per heavy atom. The van der Waals surface area contributed by atoms with Crippen molar-refractivity contribution in [2.75, 3.05) is 0 Å². The molecule has 3 aliphatic carbocycles. The molecule has 1 atom stereocenters. The van der Waals surface area contributed by atoms with Crippen LogP contribution >= 0.6 is 0 Å². The molecular weight excluding hydrogens is 108 g/mol. The van der Waals surface area contributed by atoms with Gasteiger partial charge in [-0.1, -0.05) is 37.6 Å². The zero-order valence-electron chi connectivity index (χ0n) is 6.02. The smallest absolute Gasteiger partial charge is 0.00754 e. The Balaban J connectivity index is 2.39. The third-order valence-electron chi connectivity index (χ3n) is 2.84. The van der Waals surface area contributed by atoms with Crippen molar-refractivity contribution in [2.24, 2.45) is 11.3 Å². The normalized spacial score (nSPS) is 35.3. The van der Waals surface area contributed by atoms with Gasteiger partial charge in [0, 0.05) is 0 Å². The molecule has 0 heteroatoms. The highest BCUT2D eigenvalue weighted by atomic mass is 14.5. The van der Waals surface area contributed by atoms with Crippen LogP contribution in [-0.2, 0) is 0 Å². The van der Waals surface area contributed by atoms with E-state index in [2.05, 4.69) is 32.1 Å². The van der Waals surface area contributed by atoms with Crippen LogP contribution in [0.5, 0.6) is 0 Å². The first-order chi connectivity index (χ1) is 4.21. The minimum Gasteiger partial charge on any atom is -0.0802 e. The second-order valence-electron chi connectivity index (χ2n) is 3.61. The predicted octanol–water partition coefficient (Wildman–Crippen LogP) is 2.53. The first-order valence-electron chi connectivity index (χ1n) is 3.59. The van der Waals surface area contributed by atoms with Crippen LogP contribution in [0.4, 0.5) is 0 Å². The molecule has 0 aromatic rings. The minimum atomic E-state index is 0.509. The topological polar surface area (TPSA) is 0 Å². The molecule has 0 spiro atoms. The van der Waals surface area contributed by atoms with E-state index in [0.29, 0.717) is 5.41 Å². The van der Waals surface area contributed by atoms with Crippen molar-refractivity contribution in [3.8, 4) is 0 Å². The number of allylic oxidation sites excluding steroid dienone is 4. The van der Waals surface area contributed by atoms with Gasteiger partial charge in [0.1, 0.15) is 0 Å². The molecule has 0 amide bonds. The maximum atomic E-state index is 2.33. The van der Waals surface area contributed by atoms with E-state index in [1.807, 2.05) is 0 Å². The third kappa shape index (κ3) is 0.487. The highest BCUT2D eigenvalue weighted by Crippen LogP contribution is 2.53. The van der Waals surface area contributed by atoms with Gasteiger partial charge in [0.15, 0.2) is 0 Å². The molecule has 0 heterocycles. The molecule has 0 N–H and O–H groups in total. The van der Waals surface area contributed by atoms with Gasteiger partial charge in [0.05, 0.1) is 0 Å². The van der Waals surface area contributed by atoms with Gasteiger partial charge >= 0.3 is 0 Å². The Morgan fingerprint density at radius 2 is 2.33 bits per heavy atom. The lowest BCUT2D eigenvalue weighted by atomic mass is 9.57. The molecule has 0 aromatic carbocycles. The molecule has 2 bridgehead atoms. The first kappa shape index (κ1) is 5.28. The summed E-state index contributed by atoms with van der Waals surface area (Å²) in [6.45, 7) is 4.66. The Labute approximate surface area is 56.3 Å². The van der Waals surface area contributed by atoms with E-state index in [-0.39, 0.29) is 0 Å². The molecule has 1 fully saturated rings. The fraction of sp³-hybridized carbons (Fsp3) is 0.556. The second-order valence-corrected chi connectivity index (χ2v) is 3.61. The van der Waals surface area contributed by atoms with E-state index in [9.17, 15) is 0 Å².